The Bertz CT molecular complexity index is 1430. The highest BCUT2D eigenvalue weighted by molar-refractivity contribution is 5.98. The lowest BCUT2D eigenvalue weighted by molar-refractivity contribution is -0.119. The molecule has 2 aliphatic heterocycles. The number of hydrogen-bond donors (Lipinski definition) is 4. The minimum atomic E-state index is -1.17. The molecule has 1 aromatic heterocycles. The number of carbonyl (C=O) groups is 1. The van der Waals surface area contributed by atoms with Crippen molar-refractivity contribution in [2.45, 2.75) is 19.4 Å². The number of anilines is 2. The van der Waals surface area contributed by atoms with E-state index in [4.69, 9.17) is 14.2 Å². The fourth-order valence-corrected chi connectivity index (χ4v) is 4.33. The van der Waals surface area contributed by atoms with E-state index < -0.39 is 23.3 Å². The van der Waals surface area contributed by atoms with Crippen LogP contribution < -0.4 is 30.4 Å². The van der Waals surface area contributed by atoms with Gasteiger partial charge in [0.15, 0.2) is 23.0 Å². The highest BCUT2D eigenvalue weighted by atomic mass is 16.6. The molecule has 0 spiro atoms. The number of amides is 1. The number of aromatic nitrogens is 2. The molecule has 36 heavy (non-hydrogen) atoms. The van der Waals surface area contributed by atoms with Gasteiger partial charge in [-0.25, -0.2) is 0 Å². The standard InChI is InChI=1S/C25H23N5O6/c1-2-34-18-10-14(4-5-16(18)31)20-15(11-26)23(32)28-22-21(20)24(33)30-25(29-22)27-12-13-3-6-17-19(9-13)36-8-7-35-17/h3-6,9-10,15,20,31H,2,7-8,12H2,1H3,(H3,27,28,29,30,32,33). The number of H-pyrrole nitrogens is 1. The Hall–Kier alpha value is -4.72. The first-order valence-corrected chi connectivity index (χ1v) is 11.4. The van der Waals surface area contributed by atoms with Crippen molar-refractivity contribution in [1.82, 2.24) is 9.97 Å². The lowest BCUT2D eigenvalue weighted by atomic mass is 9.79. The molecule has 11 heteroatoms. The van der Waals surface area contributed by atoms with Crippen molar-refractivity contribution in [1.29, 1.82) is 5.26 Å². The maximum atomic E-state index is 13.2. The molecule has 0 fully saturated rings. The van der Waals surface area contributed by atoms with Crippen LogP contribution in [0.25, 0.3) is 0 Å². The zero-order valence-corrected chi connectivity index (χ0v) is 19.3. The van der Waals surface area contributed by atoms with Crippen molar-refractivity contribution in [3.63, 3.8) is 0 Å². The Morgan fingerprint density at radius 2 is 2.00 bits per heavy atom. The van der Waals surface area contributed by atoms with Crippen molar-refractivity contribution < 1.29 is 24.1 Å². The van der Waals surface area contributed by atoms with E-state index in [1.807, 2.05) is 24.3 Å². The van der Waals surface area contributed by atoms with Crippen molar-refractivity contribution in [2.24, 2.45) is 5.92 Å². The number of aromatic hydroxyl groups is 1. The number of benzene rings is 2. The third-order valence-corrected chi connectivity index (χ3v) is 5.97. The number of fused-ring (bicyclic) bond motifs is 2. The molecule has 2 aromatic carbocycles. The van der Waals surface area contributed by atoms with Crippen LogP contribution in [-0.2, 0) is 11.3 Å². The molecule has 184 valence electrons. The van der Waals surface area contributed by atoms with Gasteiger partial charge in [-0.3, -0.25) is 14.6 Å². The van der Waals surface area contributed by atoms with Crippen LogP contribution in [-0.4, -0.2) is 40.8 Å². The second kappa shape index (κ2) is 9.50. The van der Waals surface area contributed by atoms with Gasteiger partial charge in [-0.15, -0.1) is 0 Å². The fourth-order valence-electron chi connectivity index (χ4n) is 4.33. The zero-order valence-electron chi connectivity index (χ0n) is 19.3. The van der Waals surface area contributed by atoms with Gasteiger partial charge >= 0.3 is 0 Å². The summed E-state index contributed by atoms with van der Waals surface area (Å²) in [7, 11) is 0. The molecule has 2 unspecified atom stereocenters. The minimum absolute atomic E-state index is 0.0657. The average molecular weight is 489 g/mol. The van der Waals surface area contributed by atoms with Gasteiger partial charge in [-0.05, 0) is 42.3 Å². The topological polar surface area (TPSA) is 159 Å². The summed E-state index contributed by atoms with van der Waals surface area (Å²) in [6.45, 7) is 3.37. The number of nitrogens with zero attached hydrogens (tertiary/aromatic N) is 2. The highest BCUT2D eigenvalue weighted by Crippen LogP contribution is 2.40. The van der Waals surface area contributed by atoms with E-state index in [-0.39, 0.29) is 28.8 Å². The molecule has 0 radical (unpaired) electrons. The summed E-state index contributed by atoms with van der Waals surface area (Å²) in [5, 5.41) is 25.4. The lowest BCUT2D eigenvalue weighted by Crippen LogP contribution is -2.38. The molecule has 4 N–H and O–H groups in total. The van der Waals surface area contributed by atoms with Crippen LogP contribution in [0.2, 0.25) is 0 Å². The van der Waals surface area contributed by atoms with Gasteiger partial charge in [0.05, 0.1) is 18.2 Å². The molecular formula is C25H23N5O6. The molecule has 2 aliphatic rings. The number of hydrogen-bond acceptors (Lipinski definition) is 9. The van der Waals surface area contributed by atoms with Crippen LogP contribution in [0.3, 0.4) is 0 Å². The van der Waals surface area contributed by atoms with E-state index in [1.54, 1.807) is 13.0 Å². The number of ether oxygens (including phenoxy) is 3. The first-order valence-electron chi connectivity index (χ1n) is 11.4. The van der Waals surface area contributed by atoms with Gasteiger partial charge in [0.25, 0.3) is 5.56 Å². The fraction of sp³-hybridized carbons (Fsp3) is 0.280. The second-order valence-corrected chi connectivity index (χ2v) is 8.24. The third-order valence-electron chi connectivity index (χ3n) is 5.97. The van der Waals surface area contributed by atoms with Crippen LogP contribution in [0.5, 0.6) is 23.0 Å². The number of aromatic amines is 1. The SMILES string of the molecule is CCOc1cc(C2c3c(nc(NCc4ccc5c(c4)OCCO5)[nH]c3=O)NC(=O)C2C#N)ccc1O. The smallest absolute Gasteiger partial charge is 0.258 e. The van der Waals surface area contributed by atoms with Gasteiger partial charge in [0.2, 0.25) is 11.9 Å². The van der Waals surface area contributed by atoms with Crippen molar-refractivity contribution in [2.75, 3.05) is 30.5 Å². The molecule has 0 saturated carbocycles. The molecule has 5 rings (SSSR count). The molecule has 1 amide bonds. The Kier molecular flexibility index (Phi) is 6.08. The summed E-state index contributed by atoms with van der Waals surface area (Å²) >= 11 is 0. The first-order chi connectivity index (χ1) is 17.5. The van der Waals surface area contributed by atoms with Crippen molar-refractivity contribution >= 4 is 17.7 Å². The van der Waals surface area contributed by atoms with Crippen LogP contribution in [0.1, 0.15) is 29.5 Å². The summed E-state index contributed by atoms with van der Waals surface area (Å²) in [6, 6.07) is 12.0. The van der Waals surface area contributed by atoms with Crippen LogP contribution in [0.4, 0.5) is 11.8 Å². The number of carbonyl (C=O) groups excluding carboxylic acids is 1. The van der Waals surface area contributed by atoms with E-state index in [9.17, 15) is 20.0 Å². The molecule has 3 aromatic rings. The maximum absolute atomic E-state index is 13.2. The van der Waals surface area contributed by atoms with Crippen LogP contribution in [0.15, 0.2) is 41.2 Å². The maximum Gasteiger partial charge on any atom is 0.258 e. The van der Waals surface area contributed by atoms with Gasteiger partial charge in [-0.2, -0.15) is 10.2 Å². The first kappa shape index (κ1) is 23.0. The molecule has 0 saturated heterocycles. The predicted molar refractivity (Wildman–Crippen MR) is 128 cm³/mol. The van der Waals surface area contributed by atoms with E-state index in [2.05, 4.69) is 20.6 Å². The Balaban J connectivity index is 1.47. The van der Waals surface area contributed by atoms with E-state index in [0.29, 0.717) is 43.4 Å². The van der Waals surface area contributed by atoms with E-state index in [0.717, 1.165) is 5.56 Å². The predicted octanol–water partition coefficient (Wildman–Crippen LogP) is 2.48. The Labute approximate surface area is 205 Å². The van der Waals surface area contributed by atoms with Crippen LogP contribution >= 0.6 is 0 Å². The summed E-state index contributed by atoms with van der Waals surface area (Å²) < 4.78 is 16.6. The lowest BCUT2D eigenvalue weighted by Gasteiger charge is -2.28. The third kappa shape index (κ3) is 4.24. The molecular weight excluding hydrogens is 466 g/mol. The van der Waals surface area contributed by atoms with Gasteiger partial charge in [-0.1, -0.05) is 12.1 Å². The Morgan fingerprint density at radius 1 is 1.19 bits per heavy atom. The molecule has 0 aliphatic carbocycles. The molecule has 0 bridgehead atoms. The highest BCUT2D eigenvalue weighted by Gasteiger charge is 2.40. The van der Waals surface area contributed by atoms with Gasteiger partial charge in [0, 0.05) is 12.5 Å². The van der Waals surface area contributed by atoms with E-state index >= 15 is 0 Å². The quantitative estimate of drug-likeness (QED) is 0.408. The number of phenolic OH excluding ortho intramolecular Hbond substituents is 1. The van der Waals surface area contributed by atoms with Gasteiger partial charge in [0.1, 0.15) is 24.9 Å². The zero-order chi connectivity index (χ0) is 25.2. The van der Waals surface area contributed by atoms with Crippen molar-refractivity contribution in [3.8, 4) is 29.1 Å². The number of nitriles is 1. The summed E-state index contributed by atoms with van der Waals surface area (Å²) in [4.78, 5) is 33.1. The van der Waals surface area contributed by atoms with Crippen LogP contribution in [0, 0.1) is 17.2 Å². The minimum Gasteiger partial charge on any atom is -0.504 e. The normalized spacial score (nSPS) is 17.9. The summed E-state index contributed by atoms with van der Waals surface area (Å²) in [5.74, 6) is -0.992. The number of rotatable bonds is 6. The summed E-state index contributed by atoms with van der Waals surface area (Å²) in [6.07, 6.45) is 0. The monoisotopic (exact) mass is 489 g/mol. The van der Waals surface area contributed by atoms with Crippen molar-refractivity contribution in [3.05, 3.63) is 63.4 Å². The average Bonchev–Trinajstić information content (AvgIpc) is 2.88. The number of nitrogens with one attached hydrogen (secondary N) is 3. The second-order valence-electron chi connectivity index (χ2n) is 8.24. The largest absolute Gasteiger partial charge is 0.504 e. The Morgan fingerprint density at radius 3 is 2.78 bits per heavy atom. The molecule has 2 atom stereocenters. The van der Waals surface area contributed by atoms with Gasteiger partial charge < -0.3 is 30.0 Å². The molecule has 11 nitrogen and oxygen atoms in total. The van der Waals surface area contributed by atoms with E-state index in [1.165, 1.54) is 12.1 Å². The number of phenols is 1. The summed E-state index contributed by atoms with van der Waals surface area (Å²) in [5.41, 5.74) is 1.00. The molecule has 3 heterocycles.